The zero-order valence-electron chi connectivity index (χ0n) is 10.5. The van der Waals surface area contributed by atoms with Gasteiger partial charge in [-0.15, -0.1) is 11.3 Å². The minimum atomic E-state index is 0.232. The van der Waals surface area contributed by atoms with E-state index >= 15 is 0 Å². The van der Waals surface area contributed by atoms with Crippen molar-refractivity contribution < 1.29 is 4.79 Å². The van der Waals surface area contributed by atoms with Crippen LogP contribution in [0.3, 0.4) is 0 Å². The van der Waals surface area contributed by atoms with E-state index < -0.39 is 0 Å². The first kappa shape index (κ1) is 12.0. The predicted octanol–water partition coefficient (Wildman–Crippen LogP) is 1.74. The summed E-state index contributed by atoms with van der Waals surface area (Å²) in [5.74, 6) is 0. The maximum atomic E-state index is 12.4. The van der Waals surface area contributed by atoms with Crippen molar-refractivity contribution in [3.05, 3.63) is 22.4 Å². The van der Waals surface area contributed by atoms with Gasteiger partial charge >= 0.3 is 6.03 Å². The standard InChI is InChI=1S/C13H19N3OS/c17-13-15(10-12-2-1-9-18-12)7-8-16(13)11-3-5-14-6-4-11/h1-2,9,11,14H,3-8,10H2. The first-order valence-corrected chi connectivity index (χ1v) is 7.51. The van der Waals surface area contributed by atoms with E-state index in [2.05, 4.69) is 21.7 Å². The van der Waals surface area contributed by atoms with Gasteiger partial charge in [0.15, 0.2) is 0 Å². The fourth-order valence-corrected chi connectivity index (χ4v) is 3.52. The smallest absolute Gasteiger partial charge is 0.320 e. The molecule has 2 amide bonds. The molecule has 0 aliphatic carbocycles. The summed E-state index contributed by atoms with van der Waals surface area (Å²) in [6, 6.07) is 4.83. The van der Waals surface area contributed by atoms with Crippen molar-refractivity contribution in [2.45, 2.75) is 25.4 Å². The summed E-state index contributed by atoms with van der Waals surface area (Å²) in [5.41, 5.74) is 0. The fourth-order valence-electron chi connectivity index (χ4n) is 2.80. The maximum absolute atomic E-state index is 12.4. The summed E-state index contributed by atoms with van der Waals surface area (Å²) < 4.78 is 0. The first-order valence-electron chi connectivity index (χ1n) is 6.63. The number of carbonyl (C=O) groups excluding carboxylic acids is 1. The van der Waals surface area contributed by atoms with Crippen molar-refractivity contribution in [2.24, 2.45) is 0 Å². The third-order valence-corrected chi connectivity index (χ3v) is 4.66. The van der Waals surface area contributed by atoms with Crippen LogP contribution in [0.4, 0.5) is 4.79 Å². The molecule has 2 aliphatic rings. The molecule has 0 radical (unpaired) electrons. The summed E-state index contributed by atoms with van der Waals surface area (Å²) in [6.07, 6.45) is 2.19. The molecule has 1 aromatic rings. The number of hydrogen-bond acceptors (Lipinski definition) is 3. The summed E-state index contributed by atoms with van der Waals surface area (Å²) in [4.78, 5) is 17.7. The molecule has 98 valence electrons. The monoisotopic (exact) mass is 265 g/mol. The highest BCUT2D eigenvalue weighted by Crippen LogP contribution is 2.21. The molecule has 2 aliphatic heterocycles. The third kappa shape index (κ3) is 2.37. The first-order chi connectivity index (χ1) is 8.84. The zero-order valence-corrected chi connectivity index (χ0v) is 11.3. The van der Waals surface area contributed by atoms with Gasteiger partial charge in [0.2, 0.25) is 0 Å². The quantitative estimate of drug-likeness (QED) is 0.903. The maximum Gasteiger partial charge on any atom is 0.320 e. The van der Waals surface area contributed by atoms with E-state index in [0.29, 0.717) is 6.04 Å². The summed E-state index contributed by atoms with van der Waals surface area (Å²) >= 11 is 1.73. The lowest BCUT2D eigenvalue weighted by molar-refractivity contribution is 0.165. The van der Waals surface area contributed by atoms with Crippen LogP contribution in [0.1, 0.15) is 17.7 Å². The van der Waals surface area contributed by atoms with Crippen LogP contribution >= 0.6 is 11.3 Å². The average Bonchev–Trinajstić information content (AvgIpc) is 3.03. The van der Waals surface area contributed by atoms with Gasteiger partial charge in [-0.05, 0) is 37.4 Å². The Morgan fingerprint density at radius 3 is 2.89 bits per heavy atom. The number of amides is 2. The van der Waals surface area contributed by atoms with Gasteiger partial charge in [0.25, 0.3) is 0 Å². The highest BCUT2D eigenvalue weighted by molar-refractivity contribution is 7.09. The van der Waals surface area contributed by atoms with Crippen LogP contribution in [0.15, 0.2) is 17.5 Å². The number of thiophene rings is 1. The van der Waals surface area contributed by atoms with Gasteiger partial charge in [-0.25, -0.2) is 4.79 Å². The Hall–Kier alpha value is -1.07. The van der Waals surface area contributed by atoms with Crippen molar-refractivity contribution in [1.29, 1.82) is 0 Å². The topological polar surface area (TPSA) is 35.6 Å². The predicted molar refractivity (Wildman–Crippen MR) is 72.7 cm³/mol. The van der Waals surface area contributed by atoms with E-state index in [4.69, 9.17) is 0 Å². The molecule has 1 N–H and O–H groups in total. The van der Waals surface area contributed by atoms with Crippen LogP contribution in [0.2, 0.25) is 0 Å². The molecule has 1 aromatic heterocycles. The molecule has 0 atom stereocenters. The van der Waals surface area contributed by atoms with E-state index in [1.807, 2.05) is 11.0 Å². The molecule has 0 aromatic carbocycles. The van der Waals surface area contributed by atoms with Crippen molar-refractivity contribution in [3.63, 3.8) is 0 Å². The summed E-state index contributed by atoms with van der Waals surface area (Å²) in [6.45, 7) is 4.63. The molecule has 0 bridgehead atoms. The fraction of sp³-hybridized carbons (Fsp3) is 0.615. The van der Waals surface area contributed by atoms with E-state index in [9.17, 15) is 4.79 Å². The second kappa shape index (κ2) is 5.28. The van der Waals surface area contributed by atoms with E-state index in [1.54, 1.807) is 11.3 Å². The Morgan fingerprint density at radius 1 is 1.33 bits per heavy atom. The zero-order chi connectivity index (χ0) is 12.4. The van der Waals surface area contributed by atoms with Gasteiger partial charge in [0.1, 0.15) is 0 Å². The number of hydrogen-bond donors (Lipinski definition) is 1. The largest absolute Gasteiger partial charge is 0.320 e. The Labute approximate surface area is 112 Å². The summed E-state index contributed by atoms with van der Waals surface area (Å²) in [7, 11) is 0. The Morgan fingerprint density at radius 2 is 2.17 bits per heavy atom. The van der Waals surface area contributed by atoms with E-state index in [0.717, 1.165) is 45.6 Å². The summed E-state index contributed by atoms with van der Waals surface area (Å²) in [5, 5.41) is 5.42. The molecule has 2 saturated heterocycles. The van der Waals surface area contributed by atoms with Gasteiger partial charge in [-0.3, -0.25) is 0 Å². The lowest BCUT2D eigenvalue weighted by atomic mass is 10.1. The Bertz CT molecular complexity index is 400. The molecule has 3 rings (SSSR count). The van der Waals surface area contributed by atoms with Gasteiger partial charge in [-0.1, -0.05) is 6.07 Å². The molecule has 0 unspecified atom stereocenters. The molecule has 2 fully saturated rings. The molecule has 0 spiro atoms. The average molecular weight is 265 g/mol. The molecule has 18 heavy (non-hydrogen) atoms. The number of nitrogens with one attached hydrogen (secondary N) is 1. The minimum absolute atomic E-state index is 0.232. The third-order valence-electron chi connectivity index (χ3n) is 3.80. The van der Waals surface area contributed by atoms with Crippen LogP contribution in [0, 0.1) is 0 Å². The van der Waals surface area contributed by atoms with Crippen molar-refractivity contribution in [1.82, 2.24) is 15.1 Å². The van der Waals surface area contributed by atoms with Gasteiger partial charge < -0.3 is 15.1 Å². The van der Waals surface area contributed by atoms with E-state index in [1.165, 1.54) is 4.88 Å². The lowest BCUT2D eigenvalue weighted by Gasteiger charge is -2.31. The molecular formula is C13H19N3OS. The molecule has 5 heteroatoms. The van der Waals surface area contributed by atoms with Crippen molar-refractivity contribution in [3.8, 4) is 0 Å². The van der Waals surface area contributed by atoms with Crippen molar-refractivity contribution in [2.75, 3.05) is 26.2 Å². The highest BCUT2D eigenvalue weighted by atomic mass is 32.1. The SMILES string of the molecule is O=C1N(Cc2cccs2)CCN1C1CCNCC1. The number of piperidine rings is 1. The van der Waals surface area contributed by atoms with Crippen LogP contribution in [0.5, 0.6) is 0 Å². The van der Waals surface area contributed by atoms with Gasteiger partial charge in [-0.2, -0.15) is 0 Å². The highest BCUT2D eigenvalue weighted by Gasteiger charge is 2.33. The van der Waals surface area contributed by atoms with Crippen molar-refractivity contribution >= 4 is 17.4 Å². The number of urea groups is 1. The van der Waals surface area contributed by atoms with Crippen LogP contribution < -0.4 is 5.32 Å². The second-order valence-electron chi connectivity index (χ2n) is 4.96. The van der Waals surface area contributed by atoms with Gasteiger partial charge in [0.05, 0.1) is 6.54 Å². The Balaban J connectivity index is 1.61. The van der Waals surface area contributed by atoms with Crippen LogP contribution in [0.25, 0.3) is 0 Å². The number of carbonyl (C=O) groups is 1. The van der Waals surface area contributed by atoms with Gasteiger partial charge in [0, 0.05) is 24.0 Å². The number of rotatable bonds is 3. The van der Waals surface area contributed by atoms with E-state index in [-0.39, 0.29) is 6.03 Å². The molecule has 3 heterocycles. The number of nitrogens with zero attached hydrogens (tertiary/aromatic N) is 2. The van der Waals surface area contributed by atoms with Crippen LogP contribution in [-0.4, -0.2) is 48.1 Å². The lowest BCUT2D eigenvalue weighted by Crippen LogP contribution is -2.45. The molecular weight excluding hydrogens is 246 g/mol. The Kier molecular flexibility index (Phi) is 3.52. The van der Waals surface area contributed by atoms with Crippen LogP contribution in [-0.2, 0) is 6.54 Å². The molecule has 4 nitrogen and oxygen atoms in total. The molecule has 0 saturated carbocycles. The second-order valence-corrected chi connectivity index (χ2v) is 5.99. The normalized spacial score (nSPS) is 21.9. The minimum Gasteiger partial charge on any atom is -0.320 e.